The lowest BCUT2D eigenvalue weighted by Gasteiger charge is -2.45. The highest BCUT2D eigenvalue weighted by Crippen LogP contribution is 2.34. The average molecular weight is 422 g/mol. The number of fused-ring (bicyclic) bond motifs is 3. The van der Waals surface area contributed by atoms with Gasteiger partial charge in [-0.05, 0) is 37.1 Å². The van der Waals surface area contributed by atoms with Gasteiger partial charge in [0.15, 0.2) is 0 Å². The number of hydrogen-bond acceptors (Lipinski definition) is 5. The Hall–Kier alpha value is -1.64. The molecular formula is C18H24BrN5O2. The van der Waals surface area contributed by atoms with Gasteiger partial charge in [0.2, 0.25) is 0 Å². The van der Waals surface area contributed by atoms with E-state index in [4.69, 9.17) is 0 Å². The monoisotopic (exact) mass is 421 g/mol. The number of urea groups is 1. The molecule has 4 atom stereocenters. The molecule has 140 valence electrons. The number of likely N-dealkylation sites (N-methyl/N-ethyl adjacent to an activating group) is 2. The summed E-state index contributed by atoms with van der Waals surface area (Å²) >= 11 is 3.49. The van der Waals surface area contributed by atoms with Gasteiger partial charge >= 0.3 is 6.03 Å². The van der Waals surface area contributed by atoms with E-state index in [0.29, 0.717) is 12.5 Å². The number of rotatable bonds is 2. The summed E-state index contributed by atoms with van der Waals surface area (Å²) in [6.45, 7) is 6.18. The topological polar surface area (TPSA) is 59.1 Å². The van der Waals surface area contributed by atoms with E-state index in [0.717, 1.165) is 23.2 Å². The molecule has 3 aliphatic rings. The number of hydrogen-bond donors (Lipinski definition) is 1. The minimum atomic E-state index is -0.344. The van der Waals surface area contributed by atoms with E-state index in [-0.39, 0.29) is 30.4 Å². The highest BCUT2D eigenvalue weighted by molar-refractivity contribution is 9.10. The van der Waals surface area contributed by atoms with Gasteiger partial charge in [0, 0.05) is 36.8 Å². The molecule has 4 unspecified atom stereocenters. The zero-order valence-electron chi connectivity index (χ0n) is 15.2. The average Bonchev–Trinajstić information content (AvgIpc) is 3.00. The van der Waals surface area contributed by atoms with Gasteiger partial charge in [-0.15, -0.1) is 0 Å². The first-order chi connectivity index (χ1) is 12.4. The van der Waals surface area contributed by atoms with Crippen molar-refractivity contribution in [2.75, 3.05) is 31.6 Å². The lowest BCUT2D eigenvalue weighted by Crippen LogP contribution is -2.66. The van der Waals surface area contributed by atoms with Crippen LogP contribution in [-0.4, -0.2) is 71.8 Å². The van der Waals surface area contributed by atoms with Crippen LogP contribution in [0.3, 0.4) is 0 Å². The first-order valence-corrected chi connectivity index (χ1v) is 9.84. The van der Waals surface area contributed by atoms with Crippen molar-refractivity contribution in [1.82, 2.24) is 20.0 Å². The van der Waals surface area contributed by atoms with Crippen LogP contribution in [0.5, 0.6) is 0 Å². The summed E-state index contributed by atoms with van der Waals surface area (Å²) in [6, 6.07) is 7.65. The Morgan fingerprint density at radius 2 is 1.88 bits per heavy atom. The lowest BCUT2D eigenvalue weighted by molar-refractivity contribution is -0.138. The van der Waals surface area contributed by atoms with Crippen molar-refractivity contribution in [3.63, 3.8) is 0 Å². The molecule has 4 rings (SSSR count). The van der Waals surface area contributed by atoms with Crippen LogP contribution >= 0.6 is 15.9 Å². The van der Waals surface area contributed by atoms with E-state index in [2.05, 4.69) is 50.1 Å². The predicted molar refractivity (Wildman–Crippen MR) is 102 cm³/mol. The number of anilines is 1. The quantitative estimate of drug-likeness (QED) is 0.787. The summed E-state index contributed by atoms with van der Waals surface area (Å²) in [7, 11) is 1.77. The zero-order chi connectivity index (χ0) is 18.6. The molecule has 0 radical (unpaired) electrons. The summed E-state index contributed by atoms with van der Waals surface area (Å²) in [6.07, 6.45) is -0.399. The molecule has 1 N–H and O–H groups in total. The fourth-order valence-electron chi connectivity index (χ4n) is 4.34. The van der Waals surface area contributed by atoms with E-state index in [1.165, 1.54) is 4.90 Å². The van der Waals surface area contributed by atoms with Crippen LogP contribution in [0.4, 0.5) is 10.5 Å². The van der Waals surface area contributed by atoms with Crippen molar-refractivity contribution >= 4 is 33.6 Å². The van der Waals surface area contributed by atoms with Gasteiger partial charge in [-0.1, -0.05) is 22.9 Å². The van der Waals surface area contributed by atoms with Crippen LogP contribution in [0, 0.1) is 5.92 Å². The Morgan fingerprint density at radius 3 is 2.54 bits per heavy atom. The highest BCUT2D eigenvalue weighted by atomic mass is 79.9. The second-order valence-electron chi connectivity index (χ2n) is 7.34. The second kappa shape index (κ2) is 6.51. The molecule has 0 aromatic heterocycles. The number of halogens is 1. The Balaban J connectivity index is 1.69. The van der Waals surface area contributed by atoms with Gasteiger partial charge in [0.1, 0.15) is 18.5 Å². The maximum absolute atomic E-state index is 13.0. The summed E-state index contributed by atoms with van der Waals surface area (Å²) in [5.41, 5.74) is 1.11. The van der Waals surface area contributed by atoms with Gasteiger partial charge in [0.25, 0.3) is 5.91 Å². The normalized spacial score (nSPS) is 32.1. The summed E-state index contributed by atoms with van der Waals surface area (Å²) < 4.78 is 1.04. The zero-order valence-corrected chi connectivity index (χ0v) is 16.8. The van der Waals surface area contributed by atoms with Crippen LogP contribution in [0.2, 0.25) is 0 Å². The Labute approximate surface area is 162 Å². The Bertz CT molecular complexity index is 727. The summed E-state index contributed by atoms with van der Waals surface area (Å²) in [4.78, 5) is 33.1. The maximum atomic E-state index is 13.0. The van der Waals surface area contributed by atoms with Crippen molar-refractivity contribution in [2.45, 2.75) is 32.3 Å². The fraction of sp³-hybridized carbons (Fsp3) is 0.556. The molecule has 0 bridgehead atoms. The van der Waals surface area contributed by atoms with Crippen LogP contribution in [0.15, 0.2) is 28.7 Å². The third-order valence-electron chi connectivity index (χ3n) is 5.56. The molecule has 7 nitrogen and oxygen atoms in total. The number of imide groups is 1. The largest absolute Gasteiger partial charge is 0.343 e. The number of carbonyl (C=O) groups excluding carboxylic acids is 2. The molecule has 3 fully saturated rings. The van der Waals surface area contributed by atoms with Crippen LogP contribution < -0.4 is 10.2 Å². The SMILES string of the molecule is CCN1C(=O)C2C(NC3N(c4ccc(Br)cc4)CC(C)CN23)N(C)C1=O. The van der Waals surface area contributed by atoms with E-state index >= 15 is 0 Å². The molecule has 0 spiro atoms. The molecule has 3 aliphatic heterocycles. The summed E-state index contributed by atoms with van der Waals surface area (Å²) in [5, 5.41) is 3.53. The first-order valence-electron chi connectivity index (χ1n) is 9.04. The number of nitrogens with zero attached hydrogens (tertiary/aromatic N) is 4. The van der Waals surface area contributed by atoms with E-state index in [1.54, 1.807) is 11.9 Å². The van der Waals surface area contributed by atoms with E-state index in [1.807, 2.05) is 19.1 Å². The minimum Gasteiger partial charge on any atom is -0.343 e. The van der Waals surface area contributed by atoms with E-state index in [9.17, 15) is 9.59 Å². The molecule has 1 aromatic rings. The Kier molecular flexibility index (Phi) is 4.45. The molecule has 1 aromatic carbocycles. The lowest BCUT2D eigenvalue weighted by atomic mass is 10.0. The number of benzene rings is 1. The first kappa shape index (κ1) is 17.8. The fourth-order valence-corrected chi connectivity index (χ4v) is 4.61. The van der Waals surface area contributed by atoms with Crippen molar-refractivity contribution in [2.24, 2.45) is 5.92 Å². The van der Waals surface area contributed by atoms with Gasteiger partial charge in [0.05, 0.1) is 0 Å². The predicted octanol–water partition coefficient (Wildman–Crippen LogP) is 1.70. The minimum absolute atomic E-state index is 0.0968. The van der Waals surface area contributed by atoms with Crippen LogP contribution in [0.25, 0.3) is 0 Å². The Morgan fingerprint density at radius 1 is 1.19 bits per heavy atom. The van der Waals surface area contributed by atoms with Crippen molar-refractivity contribution in [3.05, 3.63) is 28.7 Å². The van der Waals surface area contributed by atoms with Gasteiger partial charge in [-0.2, -0.15) is 0 Å². The number of amides is 3. The van der Waals surface area contributed by atoms with Crippen molar-refractivity contribution in [3.8, 4) is 0 Å². The molecule has 8 heteroatoms. The standard InChI is InChI=1S/C18H24BrN5O2/c1-4-22-16(25)14-15(21(3)18(22)26)20-17-23(9-11(2)10-24(14)17)13-7-5-12(19)6-8-13/h5-8,11,14-15,17,20H,4,9-10H2,1-3H3. The highest BCUT2D eigenvalue weighted by Gasteiger charge is 2.56. The van der Waals surface area contributed by atoms with Crippen molar-refractivity contribution < 1.29 is 9.59 Å². The molecule has 0 aliphatic carbocycles. The van der Waals surface area contributed by atoms with E-state index < -0.39 is 0 Å². The maximum Gasteiger partial charge on any atom is 0.327 e. The third kappa shape index (κ3) is 2.62. The van der Waals surface area contributed by atoms with Gasteiger partial charge < -0.3 is 9.80 Å². The third-order valence-corrected chi connectivity index (χ3v) is 6.09. The molecule has 3 saturated heterocycles. The van der Waals surface area contributed by atoms with Gasteiger partial charge in [-0.25, -0.2) is 4.79 Å². The molecule has 3 amide bonds. The van der Waals surface area contributed by atoms with Crippen LogP contribution in [-0.2, 0) is 4.79 Å². The number of carbonyl (C=O) groups is 2. The van der Waals surface area contributed by atoms with Crippen molar-refractivity contribution in [1.29, 1.82) is 0 Å². The molecule has 0 saturated carbocycles. The second-order valence-corrected chi connectivity index (χ2v) is 8.25. The molecular weight excluding hydrogens is 398 g/mol. The number of nitrogens with one attached hydrogen (secondary N) is 1. The molecule has 3 heterocycles. The van der Waals surface area contributed by atoms with Gasteiger partial charge in [-0.3, -0.25) is 19.9 Å². The summed E-state index contributed by atoms with van der Waals surface area (Å²) in [5.74, 6) is 0.321. The van der Waals surface area contributed by atoms with Crippen LogP contribution in [0.1, 0.15) is 13.8 Å². The smallest absolute Gasteiger partial charge is 0.327 e. The molecule has 26 heavy (non-hydrogen) atoms.